The van der Waals surface area contributed by atoms with Crippen LogP contribution in [0.1, 0.15) is 36.0 Å². The van der Waals surface area contributed by atoms with Gasteiger partial charge in [0.15, 0.2) is 0 Å². The van der Waals surface area contributed by atoms with E-state index in [1.54, 1.807) is 18.3 Å². The number of benzene rings is 2. The molecule has 33 heavy (non-hydrogen) atoms. The summed E-state index contributed by atoms with van der Waals surface area (Å²) in [6.07, 6.45) is -4.52. The molecule has 0 aliphatic rings. The summed E-state index contributed by atoms with van der Waals surface area (Å²) in [6.45, 7) is 0.234. The van der Waals surface area contributed by atoms with Crippen molar-refractivity contribution in [3.8, 4) is 0 Å². The fourth-order valence-corrected chi connectivity index (χ4v) is 3.72. The Balaban J connectivity index is 1.63. The molecule has 0 saturated heterocycles. The SMILES string of the molecule is Cc1cc(NC(=O)c2cccc(F)c2)sc1C(=O)Nc1ccc(C(=O)NCC(F)(F)F)cc1. The molecular formula is C22H17F4N3O3S. The van der Waals surface area contributed by atoms with E-state index in [1.165, 1.54) is 42.5 Å². The summed E-state index contributed by atoms with van der Waals surface area (Å²) in [4.78, 5) is 36.9. The Morgan fingerprint density at radius 3 is 2.21 bits per heavy atom. The number of hydrogen-bond donors (Lipinski definition) is 3. The quantitative estimate of drug-likeness (QED) is 0.435. The van der Waals surface area contributed by atoms with Crippen LogP contribution in [0.15, 0.2) is 54.6 Å². The number of carbonyl (C=O) groups excluding carboxylic acids is 3. The minimum Gasteiger partial charge on any atom is -0.343 e. The zero-order chi connectivity index (χ0) is 24.2. The second kappa shape index (κ2) is 9.82. The highest BCUT2D eigenvalue weighted by molar-refractivity contribution is 7.18. The van der Waals surface area contributed by atoms with Crippen LogP contribution in [-0.4, -0.2) is 30.4 Å². The van der Waals surface area contributed by atoms with E-state index in [-0.39, 0.29) is 11.1 Å². The van der Waals surface area contributed by atoms with Crippen LogP contribution in [0.25, 0.3) is 0 Å². The fourth-order valence-electron chi connectivity index (χ4n) is 2.76. The maximum Gasteiger partial charge on any atom is 0.405 e. The molecule has 0 radical (unpaired) electrons. The Labute approximate surface area is 189 Å². The summed E-state index contributed by atoms with van der Waals surface area (Å²) in [5.41, 5.74) is 1.05. The van der Waals surface area contributed by atoms with Crippen LogP contribution in [-0.2, 0) is 0 Å². The molecule has 0 atom stereocenters. The molecule has 0 unspecified atom stereocenters. The Morgan fingerprint density at radius 1 is 0.879 bits per heavy atom. The lowest BCUT2D eigenvalue weighted by molar-refractivity contribution is -0.123. The van der Waals surface area contributed by atoms with Crippen molar-refractivity contribution >= 4 is 39.7 Å². The van der Waals surface area contributed by atoms with Gasteiger partial charge < -0.3 is 16.0 Å². The first-order chi connectivity index (χ1) is 15.5. The Morgan fingerprint density at radius 2 is 1.58 bits per heavy atom. The van der Waals surface area contributed by atoms with E-state index in [4.69, 9.17) is 0 Å². The number of hydrogen-bond acceptors (Lipinski definition) is 4. The molecule has 0 spiro atoms. The van der Waals surface area contributed by atoms with E-state index in [0.29, 0.717) is 21.1 Å². The lowest BCUT2D eigenvalue weighted by Gasteiger charge is -2.09. The molecule has 1 heterocycles. The van der Waals surface area contributed by atoms with E-state index in [9.17, 15) is 31.9 Å². The lowest BCUT2D eigenvalue weighted by Crippen LogP contribution is -2.33. The van der Waals surface area contributed by atoms with Gasteiger partial charge >= 0.3 is 6.18 Å². The Bertz CT molecular complexity index is 1190. The number of halogens is 4. The lowest BCUT2D eigenvalue weighted by atomic mass is 10.2. The Hall–Kier alpha value is -3.73. The van der Waals surface area contributed by atoms with Gasteiger partial charge in [0.05, 0.1) is 9.88 Å². The minimum atomic E-state index is -4.52. The number of thiophene rings is 1. The van der Waals surface area contributed by atoms with Crippen molar-refractivity contribution in [3.63, 3.8) is 0 Å². The molecule has 3 rings (SSSR count). The van der Waals surface area contributed by atoms with Crippen LogP contribution in [0.2, 0.25) is 0 Å². The monoisotopic (exact) mass is 479 g/mol. The first-order valence-corrected chi connectivity index (χ1v) is 10.3. The van der Waals surface area contributed by atoms with Crippen molar-refractivity contribution in [1.82, 2.24) is 5.32 Å². The molecular weight excluding hydrogens is 462 g/mol. The number of carbonyl (C=O) groups is 3. The van der Waals surface area contributed by atoms with E-state index in [0.717, 1.165) is 17.4 Å². The molecule has 6 nitrogen and oxygen atoms in total. The molecule has 172 valence electrons. The van der Waals surface area contributed by atoms with E-state index in [2.05, 4.69) is 10.6 Å². The molecule has 3 amide bonds. The molecule has 0 bridgehead atoms. The highest BCUT2D eigenvalue weighted by Gasteiger charge is 2.27. The summed E-state index contributed by atoms with van der Waals surface area (Å²) in [7, 11) is 0. The second-order valence-electron chi connectivity index (χ2n) is 6.92. The van der Waals surface area contributed by atoms with Gasteiger partial charge in [-0.05, 0) is 61.0 Å². The number of alkyl halides is 3. The third-order valence-corrected chi connectivity index (χ3v) is 5.45. The van der Waals surface area contributed by atoms with Gasteiger partial charge in [-0.3, -0.25) is 14.4 Å². The number of rotatable bonds is 6. The van der Waals surface area contributed by atoms with E-state index < -0.39 is 36.3 Å². The largest absolute Gasteiger partial charge is 0.405 e. The van der Waals surface area contributed by atoms with Crippen LogP contribution in [0.4, 0.5) is 28.3 Å². The van der Waals surface area contributed by atoms with Gasteiger partial charge in [0.1, 0.15) is 12.4 Å². The van der Waals surface area contributed by atoms with Crippen LogP contribution < -0.4 is 16.0 Å². The van der Waals surface area contributed by atoms with Crippen LogP contribution in [0.3, 0.4) is 0 Å². The van der Waals surface area contributed by atoms with Crippen LogP contribution in [0, 0.1) is 12.7 Å². The summed E-state index contributed by atoms with van der Waals surface area (Å²) in [6, 6.07) is 12.1. The summed E-state index contributed by atoms with van der Waals surface area (Å²) >= 11 is 1.02. The van der Waals surface area contributed by atoms with Crippen molar-refractivity contribution in [2.45, 2.75) is 13.1 Å². The third-order valence-electron chi connectivity index (χ3n) is 4.30. The zero-order valence-electron chi connectivity index (χ0n) is 17.0. The molecule has 0 aliphatic heterocycles. The first kappa shape index (κ1) is 23.9. The molecule has 2 aromatic carbocycles. The number of aryl methyl sites for hydroxylation is 1. The van der Waals surface area contributed by atoms with E-state index >= 15 is 0 Å². The highest BCUT2D eigenvalue weighted by atomic mass is 32.1. The maximum atomic E-state index is 13.3. The summed E-state index contributed by atoms with van der Waals surface area (Å²) in [5, 5.41) is 7.39. The summed E-state index contributed by atoms with van der Waals surface area (Å²) in [5.74, 6) is -2.44. The van der Waals surface area contributed by atoms with Crippen LogP contribution >= 0.6 is 11.3 Å². The van der Waals surface area contributed by atoms with Gasteiger partial charge in [-0.2, -0.15) is 13.2 Å². The number of nitrogens with one attached hydrogen (secondary N) is 3. The number of amides is 3. The van der Waals surface area contributed by atoms with Gasteiger partial charge in [-0.1, -0.05) is 6.07 Å². The standard InChI is InChI=1S/C22H17F4N3O3S/c1-12-9-17(29-20(31)14-3-2-4-15(23)10-14)33-18(12)21(32)28-16-7-5-13(6-8-16)19(30)27-11-22(24,25)26/h2-10H,11H2,1H3,(H,27,30)(H,28,32)(H,29,31). The van der Waals surface area contributed by atoms with Crippen molar-refractivity contribution in [3.05, 3.63) is 82.0 Å². The smallest absolute Gasteiger partial charge is 0.343 e. The van der Waals surface area contributed by atoms with Crippen molar-refractivity contribution in [2.75, 3.05) is 17.2 Å². The molecule has 0 aliphatic carbocycles. The fraction of sp³-hybridized carbons (Fsp3) is 0.136. The van der Waals surface area contributed by atoms with Gasteiger partial charge in [0, 0.05) is 16.8 Å². The summed E-state index contributed by atoms with van der Waals surface area (Å²) < 4.78 is 49.9. The normalized spacial score (nSPS) is 11.1. The molecule has 3 aromatic rings. The molecule has 3 N–H and O–H groups in total. The molecule has 1 aromatic heterocycles. The first-order valence-electron chi connectivity index (χ1n) is 9.45. The third kappa shape index (κ3) is 6.62. The van der Waals surface area contributed by atoms with Gasteiger partial charge in [-0.25, -0.2) is 4.39 Å². The Kier molecular flexibility index (Phi) is 7.12. The van der Waals surface area contributed by atoms with E-state index in [1.807, 2.05) is 0 Å². The van der Waals surface area contributed by atoms with Crippen molar-refractivity contribution < 1.29 is 31.9 Å². The predicted octanol–water partition coefficient (Wildman–Crippen LogP) is 4.99. The minimum absolute atomic E-state index is 0.00639. The predicted molar refractivity (Wildman–Crippen MR) is 116 cm³/mol. The average Bonchev–Trinajstić information content (AvgIpc) is 3.12. The number of anilines is 2. The van der Waals surface area contributed by atoms with Gasteiger partial charge in [0.25, 0.3) is 17.7 Å². The molecule has 0 saturated carbocycles. The zero-order valence-corrected chi connectivity index (χ0v) is 17.9. The molecule has 11 heteroatoms. The van der Waals surface area contributed by atoms with Crippen LogP contribution in [0.5, 0.6) is 0 Å². The average molecular weight is 479 g/mol. The molecule has 0 fully saturated rings. The van der Waals surface area contributed by atoms with Gasteiger partial charge in [0.2, 0.25) is 0 Å². The maximum absolute atomic E-state index is 13.3. The highest BCUT2D eigenvalue weighted by Crippen LogP contribution is 2.28. The second-order valence-corrected chi connectivity index (χ2v) is 7.97. The van der Waals surface area contributed by atoms with Crippen molar-refractivity contribution in [2.24, 2.45) is 0 Å². The van der Waals surface area contributed by atoms with Gasteiger partial charge in [-0.15, -0.1) is 11.3 Å². The topological polar surface area (TPSA) is 87.3 Å². The van der Waals surface area contributed by atoms with Crippen molar-refractivity contribution in [1.29, 1.82) is 0 Å².